The zero-order valence-corrected chi connectivity index (χ0v) is 12.4. The molecular weight excluding hydrogens is 248 g/mol. The molecule has 20 heavy (non-hydrogen) atoms. The Labute approximate surface area is 121 Å². The minimum Gasteiger partial charge on any atom is -0.276 e. The van der Waals surface area contributed by atoms with Gasteiger partial charge >= 0.3 is 0 Å². The van der Waals surface area contributed by atoms with Gasteiger partial charge in [0.25, 0.3) is 0 Å². The Balaban J connectivity index is 1.57. The summed E-state index contributed by atoms with van der Waals surface area (Å²) >= 11 is 0. The monoisotopic (exact) mass is 274 g/mol. The van der Waals surface area contributed by atoms with Crippen molar-refractivity contribution in [2.75, 3.05) is 0 Å². The second kappa shape index (κ2) is 4.57. The summed E-state index contributed by atoms with van der Waals surface area (Å²) in [7, 11) is 1.99. The highest BCUT2D eigenvalue weighted by Gasteiger charge is 2.53. The standard InChI is InChI=1S/C16H26N4/c1-20-10-14(9-18-20)5-15(19-17)16-6-11-2-12(7-16)4-13(3-11)8-16/h9-13,15,19H,2-8,17H2,1H3. The van der Waals surface area contributed by atoms with E-state index in [0.29, 0.717) is 11.5 Å². The van der Waals surface area contributed by atoms with Crippen LogP contribution in [0.1, 0.15) is 44.1 Å². The second-order valence-corrected chi connectivity index (χ2v) is 7.73. The Bertz CT molecular complexity index is 457. The van der Waals surface area contributed by atoms with Crippen LogP contribution in [0.15, 0.2) is 12.4 Å². The van der Waals surface area contributed by atoms with Gasteiger partial charge < -0.3 is 0 Å². The van der Waals surface area contributed by atoms with E-state index in [-0.39, 0.29) is 0 Å². The van der Waals surface area contributed by atoms with Crippen LogP contribution in [-0.2, 0) is 13.5 Å². The van der Waals surface area contributed by atoms with Crippen molar-refractivity contribution in [3.63, 3.8) is 0 Å². The van der Waals surface area contributed by atoms with Crippen molar-refractivity contribution >= 4 is 0 Å². The van der Waals surface area contributed by atoms with Gasteiger partial charge in [-0.1, -0.05) is 0 Å². The first kappa shape index (κ1) is 12.8. The summed E-state index contributed by atoms with van der Waals surface area (Å²) in [5, 5.41) is 4.30. The lowest BCUT2D eigenvalue weighted by molar-refractivity contribution is -0.0737. The molecule has 3 N–H and O–H groups in total. The van der Waals surface area contributed by atoms with Gasteiger partial charge in [-0.15, -0.1) is 0 Å². The van der Waals surface area contributed by atoms with Crippen molar-refractivity contribution in [1.82, 2.24) is 15.2 Å². The number of aryl methyl sites for hydroxylation is 1. The van der Waals surface area contributed by atoms with Crippen molar-refractivity contribution in [3.8, 4) is 0 Å². The summed E-state index contributed by atoms with van der Waals surface area (Å²) in [5.74, 6) is 8.90. The molecule has 1 aromatic heterocycles. The normalized spacial score (nSPS) is 40.2. The number of nitrogens with zero attached hydrogens (tertiary/aromatic N) is 2. The van der Waals surface area contributed by atoms with Crippen molar-refractivity contribution < 1.29 is 0 Å². The minimum atomic E-state index is 0.417. The van der Waals surface area contributed by atoms with E-state index < -0.39 is 0 Å². The second-order valence-electron chi connectivity index (χ2n) is 7.73. The summed E-state index contributed by atoms with van der Waals surface area (Å²) in [6, 6.07) is 0.417. The first-order valence-corrected chi connectivity index (χ1v) is 8.10. The molecule has 5 rings (SSSR count). The quantitative estimate of drug-likeness (QED) is 0.652. The van der Waals surface area contributed by atoms with Crippen molar-refractivity contribution in [3.05, 3.63) is 18.0 Å². The number of hydrogen-bond donors (Lipinski definition) is 2. The van der Waals surface area contributed by atoms with Gasteiger partial charge in [0.2, 0.25) is 0 Å². The molecule has 4 nitrogen and oxygen atoms in total. The topological polar surface area (TPSA) is 55.9 Å². The van der Waals surface area contributed by atoms with E-state index in [0.717, 1.165) is 24.2 Å². The van der Waals surface area contributed by atoms with Gasteiger partial charge in [0, 0.05) is 19.3 Å². The molecule has 0 aromatic carbocycles. The van der Waals surface area contributed by atoms with Crippen LogP contribution in [0.4, 0.5) is 0 Å². The minimum absolute atomic E-state index is 0.417. The third kappa shape index (κ3) is 2.01. The van der Waals surface area contributed by atoms with Crippen molar-refractivity contribution in [1.29, 1.82) is 0 Å². The average Bonchev–Trinajstić information content (AvgIpc) is 2.80. The SMILES string of the molecule is Cn1cc(CC(NN)C23CC4CC(CC(C4)C2)C3)cn1. The Morgan fingerprint density at radius 2 is 1.90 bits per heavy atom. The van der Waals surface area contributed by atoms with E-state index in [2.05, 4.69) is 16.7 Å². The zero-order valence-electron chi connectivity index (χ0n) is 12.4. The maximum Gasteiger partial charge on any atom is 0.0522 e. The van der Waals surface area contributed by atoms with E-state index in [1.807, 2.05) is 17.9 Å². The molecule has 4 aliphatic carbocycles. The summed E-state index contributed by atoms with van der Waals surface area (Å²) < 4.78 is 1.89. The van der Waals surface area contributed by atoms with Crippen LogP contribution in [0.5, 0.6) is 0 Å². The van der Waals surface area contributed by atoms with E-state index in [1.54, 1.807) is 0 Å². The summed E-state index contributed by atoms with van der Waals surface area (Å²) in [6.45, 7) is 0. The van der Waals surface area contributed by atoms with Crippen molar-refractivity contribution in [2.24, 2.45) is 36.1 Å². The van der Waals surface area contributed by atoms with Crippen LogP contribution in [0, 0.1) is 23.2 Å². The fourth-order valence-electron chi connectivity index (χ4n) is 5.87. The van der Waals surface area contributed by atoms with Crippen LogP contribution >= 0.6 is 0 Å². The molecule has 4 saturated carbocycles. The maximum absolute atomic E-state index is 5.97. The Morgan fingerprint density at radius 3 is 2.35 bits per heavy atom. The molecule has 0 spiro atoms. The van der Waals surface area contributed by atoms with Crippen LogP contribution in [0.2, 0.25) is 0 Å². The first-order chi connectivity index (χ1) is 9.67. The maximum atomic E-state index is 5.97. The molecule has 1 unspecified atom stereocenters. The molecule has 4 heteroatoms. The van der Waals surface area contributed by atoms with E-state index in [9.17, 15) is 0 Å². The molecule has 1 heterocycles. The van der Waals surface area contributed by atoms with Gasteiger partial charge in [0.05, 0.1) is 6.20 Å². The number of aromatic nitrogens is 2. The van der Waals surface area contributed by atoms with E-state index in [4.69, 9.17) is 5.84 Å². The van der Waals surface area contributed by atoms with Gasteiger partial charge in [0.15, 0.2) is 0 Å². The predicted octanol–water partition coefficient (Wildman–Crippen LogP) is 2.01. The van der Waals surface area contributed by atoms with E-state index in [1.165, 1.54) is 44.1 Å². The lowest BCUT2D eigenvalue weighted by Crippen LogP contribution is -2.58. The van der Waals surface area contributed by atoms with Gasteiger partial charge in [-0.05, 0) is 73.7 Å². The van der Waals surface area contributed by atoms with Crippen LogP contribution in [0.3, 0.4) is 0 Å². The van der Waals surface area contributed by atoms with Crippen LogP contribution in [-0.4, -0.2) is 15.8 Å². The predicted molar refractivity (Wildman–Crippen MR) is 78.6 cm³/mol. The molecule has 0 saturated heterocycles. The van der Waals surface area contributed by atoms with Gasteiger partial charge in [0.1, 0.15) is 0 Å². The summed E-state index contributed by atoms with van der Waals surface area (Å²) in [6.07, 6.45) is 13.8. The molecule has 4 bridgehead atoms. The molecule has 110 valence electrons. The van der Waals surface area contributed by atoms with Gasteiger partial charge in [-0.2, -0.15) is 5.10 Å². The van der Waals surface area contributed by atoms with Crippen LogP contribution in [0.25, 0.3) is 0 Å². The molecule has 0 radical (unpaired) electrons. The highest BCUT2D eigenvalue weighted by atomic mass is 15.3. The fraction of sp³-hybridized carbons (Fsp3) is 0.812. The smallest absolute Gasteiger partial charge is 0.0522 e. The molecule has 0 amide bonds. The highest BCUT2D eigenvalue weighted by Crippen LogP contribution is 2.61. The highest BCUT2D eigenvalue weighted by molar-refractivity contribution is 5.12. The molecule has 1 aromatic rings. The number of nitrogens with two attached hydrogens (primary N) is 1. The first-order valence-electron chi connectivity index (χ1n) is 8.10. The van der Waals surface area contributed by atoms with Crippen molar-refractivity contribution in [2.45, 2.75) is 51.0 Å². The lowest BCUT2D eigenvalue weighted by Gasteiger charge is -2.59. The summed E-state index contributed by atoms with van der Waals surface area (Å²) in [4.78, 5) is 0. The zero-order chi connectivity index (χ0) is 13.7. The number of nitrogens with one attached hydrogen (secondary N) is 1. The average molecular weight is 274 g/mol. The molecule has 4 aliphatic rings. The number of hydrazine groups is 1. The Hall–Kier alpha value is -0.870. The third-order valence-electron chi connectivity index (χ3n) is 6.22. The van der Waals surface area contributed by atoms with Crippen LogP contribution < -0.4 is 11.3 Å². The van der Waals surface area contributed by atoms with Gasteiger partial charge in [-0.25, -0.2) is 0 Å². The molecular formula is C16H26N4. The fourth-order valence-corrected chi connectivity index (χ4v) is 5.87. The number of rotatable bonds is 4. The Kier molecular flexibility index (Phi) is 2.93. The summed E-state index contributed by atoms with van der Waals surface area (Å²) in [5.41, 5.74) is 4.95. The lowest BCUT2D eigenvalue weighted by atomic mass is 9.47. The molecule has 0 aliphatic heterocycles. The van der Waals surface area contributed by atoms with Gasteiger partial charge in [-0.3, -0.25) is 16.0 Å². The van der Waals surface area contributed by atoms with E-state index >= 15 is 0 Å². The molecule has 1 atom stereocenters. The Morgan fingerprint density at radius 1 is 1.30 bits per heavy atom. The number of hydrogen-bond acceptors (Lipinski definition) is 3. The third-order valence-corrected chi connectivity index (χ3v) is 6.22. The largest absolute Gasteiger partial charge is 0.276 e. The molecule has 4 fully saturated rings.